The molecule has 1 fully saturated rings. The van der Waals surface area contributed by atoms with Gasteiger partial charge in [0.2, 0.25) is 0 Å². The molecule has 0 saturated heterocycles. The Balaban J connectivity index is 1.72. The van der Waals surface area contributed by atoms with E-state index < -0.39 is 0 Å². The van der Waals surface area contributed by atoms with Crippen molar-refractivity contribution in [2.24, 2.45) is 5.92 Å². The highest BCUT2D eigenvalue weighted by Gasteiger charge is 2.29. The summed E-state index contributed by atoms with van der Waals surface area (Å²) in [4.78, 5) is 0. The average Bonchev–Trinajstić information content (AvgIpc) is 2.83. The third-order valence-electron chi connectivity index (χ3n) is 4.48. The van der Waals surface area contributed by atoms with Gasteiger partial charge in [-0.05, 0) is 36.8 Å². The molecule has 3 atom stereocenters. The minimum atomic E-state index is 0.214. The van der Waals surface area contributed by atoms with E-state index in [-0.39, 0.29) is 5.92 Å². The van der Waals surface area contributed by atoms with Gasteiger partial charge in [0.05, 0.1) is 12.0 Å². The summed E-state index contributed by atoms with van der Waals surface area (Å²) >= 11 is 0. The molecule has 2 nitrogen and oxygen atoms in total. The number of benzene rings is 1. The molecule has 0 aromatic heterocycles. The maximum Gasteiger partial charge on any atom is 0.0672 e. The van der Waals surface area contributed by atoms with Gasteiger partial charge in [-0.25, -0.2) is 0 Å². The number of rotatable bonds is 2. The number of fused-ring (bicyclic) bond motifs is 1. The molecule has 3 unspecified atom stereocenters. The maximum atomic E-state index is 9.24. The van der Waals surface area contributed by atoms with Crippen LogP contribution < -0.4 is 5.32 Å². The Bertz CT molecular complexity index is 460. The average molecular weight is 240 g/mol. The molecule has 0 aliphatic heterocycles. The van der Waals surface area contributed by atoms with Gasteiger partial charge in [0, 0.05) is 12.1 Å². The Morgan fingerprint density at radius 2 is 1.94 bits per heavy atom. The normalized spacial score (nSPS) is 30.7. The molecule has 2 heteroatoms. The third kappa shape index (κ3) is 2.15. The van der Waals surface area contributed by atoms with E-state index in [4.69, 9.17) is 0 Å². The predicted octanol–water partition coefficient (Wildman–Crippen LogP) is 3.35. The van der Waals surface area contributed by atoms with E-state index in [9.17, 15) is 5.26 Å². The molecule has 0 amide bonds. The standard InChI is InChI=1S/C16H20N2/c17-11-13-6-2-4-8-15(13)18-16-10-9-12-5-1-3-7-14(12)16/h1,3,5,7,13,15-16,18H,2,4,6,8-10H2. The van der Waals surface area contributed by atoms with Crippen molar-refractivity contribution in [1.29, 1.82) is 5.26 Å². The molecule has 2 aliphatic rings. The molecule has 1 aromatic carbocycles. The lowest BCUT2D eigenvalue weighted by molar-refractivity contribution is 0.286. The lowest BCUT2D eigenvalue weighted by atomic mass is 9.85. The molecule has 18 heavy (non-hydrogen) atoms. The van der Waals surface area contributed by atoms with Crippen LogP contribution in [0.3, 0.4) is 0 Å². The number of nitrogens with one attached hydrogen (secondary N) is 1. The minimum absolute atomic E-state index is 0.214. The number of nitrogens with zero attached hydrogens (tertiary/aromatic N) is 1. The monoisotopic (exact) mass is 240 g/mol. The van der Waals surface area contributed by atoms with Crippen molar-refractivity contribution in [1.82, 2.24) is 5.32 Å². The van der Waals surface area contributed by atoms with Crippen LogP contribution in [0.1, 0.15) is 49.3 Å². The first kappa shape index (κ1) is 11.7. The molecule has 3 rings (SSSR count). The zero-order valence-corrected chi connectivity index (χ0v) is 10.7. The Morgan fingerprint density at radius 3 is 2.83 bits per heavy atom. The largest absolute Gasteiger partial charge is 0.306 e. The lowest BCUT2D eigenvalue weighted by Crippen LogP contribution is -2.39. The van der Waals surface area contributed by atoms with Crippen LogP contribution in [-0.4, -0.2) is 6.04 Å². The fraction of sp³-hybridized carbons (Fsp3) is 0.562. The predicted molar refractivity (Wildman–Crippen MR) is 72.0 cm³/mol. The first-order valence-electron chi connectivity index (χ1n) is 7.12. The zero-order valence-electron chi connectivity index (χ0n) is 10.7. The zero-order chi connectivity index (χ0) is 12.4. The van der Waals surface area contributed by atoms with E-state index in [0.717, 1.165) is 12.8 Å². The van der Waals surface area contributed by atoms with Crippen LogP contribution in [0.25, 0.3) is 0 Å². The van der Waals surface area contributed by atoms with Gasteiger partial charge in [-0.1, -0.05) is 37.1 Å². The van der Waals surface area contributed by atoms with Gasteiger partial charge in [-0.3, -0.25) is 0 Å². The van der Waals surface area contributed by atoms with Crippen molar-refractivity contribution in [3.8, 4) is 6.07 Å². The fourth-order valence-corrected chi connectivity index (χ4v) is 3.47. The fourth-order valence-electron chi connectivity index (χ4n) is 3.47. The van der Waals surface area contributed by atoms with Crippen LogP contribution in [0, 0.1) is 17.2 Å². The van der Waals surface area contributed by atoms with Gasteiger partial charge in [0.1, 0.15) is 0 Å². The number of hydrogen-bond acceptors (Lipinski definition) is 2. The summed E-state index contributed by atoms with van der Waals surface area (Å²) in [6.45, 7) is 0. The van der Waals surface area contributed by atoms with E-state index in [1.54, 1.807) is 0 Å². The van der Waals surface area contributed by atoms with Gasteiger partial charge in [0.15, 0.2) is 0 Å². The van der Waals surface area contributed by atoms with Crippen LogP contribution in [0.4, 0.5) is 0 Å². The smallest absolute Gasteiger partial charge is 0.0672 e. The van der Waals surface area contributed by atoms with Crippen LogP contribution in [0.2, 0.25) is 0 Å². The Hall–Kier alpha value is -1.33. The number of aryl methyl sites for hydroxylation is 1. The maximum absolute atomic E-state index is 9.24. The van der Waals surface area contributed by atoms with E-state index in [1.807, 2.05) is 0 Å². The summed E-state index contributed by atoms with van der Waals surface area (Å²) in [7, 11) is 0. The molecule has 94 valence electrons. The summed E-state index contributed by atoms with van der Waals surface area (Å²) < 4.78 is 0. The Morgan fingerprint density at radius 1 is 1.11 bits per heavy atom. The van der Waals surface area contributed by atoms with Crippen molar-refractivity contribution in [3.63, 3.8) is 0 Å². The number of nitriles is 1. The topological polar surface area (TPSA) is 35.8 Å². The molecular formula is C16H20N2. The Kier molecular flexibility index (Phi) is 3.34. The van der Waals surface area contributed by atoms with Crippen LogP contribution in [0.5, 0.6) is 0 Å². The first-order valence-corrected chi connectivity index (χ1v) is 7.12. The summed E-state index contributed by atoms with van der Waals surface area (Å²) in [6, 6.07) is 12.1. The highest BCUT2D eigenvalue weighted by molar-refractivity contribution is 5.34. The van der Waals surface area contributed by atoms with Gasteiger partial charge in [0.25, 0.3) is 0 Å². The first-order chi connectivity index (χ1) is 8.88. The van der Waals surface area contributed by atoms with E-state index in [2.05, 4.69) is 35.7 Å². The highest BCUT2D eigenvalue weighted by Crippen LogP contribution is 2.33. The van der Waals surface area contributed by atoms with Gasteiger partial charge in [-0.2, -0.15) is 5.26 Å². The number of hydrogen-bond donors (Lipinski definition) is 1. The van der Waals surface area contributed by atoms with Crippen molar-refractivity contribution >= 4 is 0 Å². The van der Waals surface area contributed by atoms with Crippen LogP contribution >= 0.6 is 0 Å². The SMILES string of the molecule is N#CC1CCCCC1NC1CCc2ccccc21. The van der Waals surface area contributed by atoms with E-state index >= 15 is 0 Å². The van der Waals surface area contributed by atoms with Crippen molar-refractivity contribution in [2.75, 3.05) is 0 Å². The van der Waals surface area contributed by atoms with Crippen molar-refractivity contribution in [3.05, 3.63) is 35.4 Å². The summed E-state index contributed by atoms with van der Waals surface area (Å²) in [6.07, 6.45) is 7.09. The second kappa shape index (κ2) is 5.12. The molecule has 2 aliphatic carbocycles. The molecule has 0 heterocycles. The second-order valence-corrected chi connectivity index (χ2v) is 5.58. The van der Waals surface area contributed by atoms with Crippen molar-refractivity contribution in [2.45, 2.75) is 50.6 Å². The van der Waals surface area contributed by atoms with Gasteiger partial charge in [-0.15, -0.1) is 0 Å². The molecule has 1 N–H and O–H groups in total. The van der Waals surface area contributed by atoms with Crippen molar-refractivity contribution < 1.29 is 0 Å². The highest BCUT2D eigenvalue weighted by atomic mass is 15.0. The van der Waals surface area contributed by atoms with E-state index in [1.165, 1.54) is 36.8 Å². The summed E-state index contributed by atoms with van der Waals surface area (Å²) in [5, 5.41) is 13.0. The molecule has 0 spiro atoms. The van der Waals surface area contributed by atoms with Gasteiger partial charge < -0.3 is 5.32 Å². The third-order valence-corrected chi connectivity index (χ3v) is 4.48. The summed E-state index contributed by atoms with van der Waals surface area (Å²) in [5.74, 6) is 0.214. The van der Waals surface area contributed by atoms with Crippen LogP contribution in [0.15, 0.2) is 24.3 Å². The molecule has 1 saturated carbocycles. The lowest BCUT2D eigenvalue weighted by Gasteiger charge is -2.30. The van der Waals surface area contributed by atoms with E-state index in [0.29, 0.717) is 12.1 Å². The Labute approximate surface area is 109 Å². The summed E-state index contributed by atoms with van der Waals surface area (Å²) in [5.41, 5.74) is 2.94. The quantitative estimate of drug-likeness (QED) is 0.860. The molecule has 0 radical (unpaired) electrons. The minimum Gasteiger partial charge on any atom is -0.306 e. The van der Waals surface area contributed by atoms with Crippen LogP contribution in [-0.2, 0) is 6.42 Å². The molecule has 1 aromatic rings. The second-order valence-electron chi connectivity index (χ2n) is 5.58. The molecular weight excluding hydrogens is 220 g/mol. The molecule has 0 bridgehead atoms. The van der Waals surface area contributed by atoms with Gasteiger partial charge >= 0.3 is 0 Å².